The predicted molar refractivity (Wildman–Crippen MR) is 107 cm³/mol. The normalized spacial score (nSPS) is 11.0. The highest BCUT2D eigenvalue weighted by atomic mass is 32.1. The van der Waals surface area contributed by atoms with Crippen LogP contribution < -0.4 is 5.73 Å². The minimum absolute atomic E-state index is 0.272. The predicted octanol–water partition coefficient (Wildman–Crippen LogP) is 4.52. The zero-order chi connectivity index (χ0) is 18.7. The number of phenols is 1. The number of rotatable bonds is 7. The highest BCUT2D eigenvalue weighted by Crippen LogP contribution is 2.36. The van der Waals surface area contributed by atoms with Crippen LogP contribution in [0, 0.1) is 6.92 Å². The first kappa shape index (κ1) is 18.3. The van der Waals surface area contributed by atoms with Crippen molar-refractivity contribution in [2.45, 2.75) is 39.7 Å². The van der Waals surface area contributed by atoms with Gasteiger partial charge in [-0.25, -0.2) is 0 Å². The first-order valence-corrected chi connectivity index (χ1v) is 9.74. The van der Waals surface area contributed by atoms with Gasteiger partial charge in [-0.2, -0.15) is 0 Å². The zero-order valence-corrected chi connectivity index (χ0v) is 16.0. The molecular formula is C21H24N2O2S. The van der Waals surface area contributed by atoms with Gasteiger partial charge in [-0.15, -0.1) is 11.3 Å². The van der Waals surface area contributed by atoms with Crippen LogP contribution in [0.5, 0.6) is 5.75 Å². The number of aromatic nitrogens is 1. The third-order valence-corrected chi connectivity index (χ3v) is 5.58. The molecule has 4 nitrogen and oxygen atoms in total. The number of aromatic hydroxyl groups is 1. The molecule has 0 aliphatic rings. The molecule has 0 aliphatic heterocycles. The van der Waals surface area contributed by atoms with E-state index < -0.39 is 0 Å². The van der Waals surface area contributed by atoms with Gasteiger partial charge in [0.15, 0.2) is 0 Å². The molecule has 0 saturated heterocycles. The van der Waals surface area contributed by atoms with Crippen LogP contribution in [0.4, 0.5) is 0 Å². The van der Waals surface area contributed by atoms with Gasteiger partial charge in [0.05, 0.1) is 5.56 Å². The monoisotopic (exact) mass is 368 g/mol. The lowest BCUT2D eigenvalue weighted by Gasteiger charge is -2.12. The Hall–Kier alpha value is -2.53. The summed E-state index contributed by atoms with van der Waals surface area (Å²) >= 11 is 1.64. The lowest BCUT2D eigenvalue weighted by atomic mass is 10.0. The molecule has 0 atom stereocenters. The molecule has 0 spiro atoms. The number of primary amides is 1. The second-order valence-corrected chi connectivity index (χ2v) is 7.39. The number of phenolic OH excluding ortho intramolecular Hbond substituents is 1. The summed E-state index contributed by atoms with van der Waals surface area (Å²) in [4.78, 5) is 13.3. The Bertz CT molecular complexity index is 893. The molecule has 26 heavy (non-hydrogen) atoms. The second-order valence-electron chi connectivity index (χ2n) is 6.44. The van der Waals surface area contributed by atoms with E-state index in [1.54, 1.807) is 23.5 Å². The Balaban J connectivity index is 2.04. The lowest BCUT2D eigenvalue weighted by Crippen LogP contribution is -2.13. The average Bonchev–Trinajstić information content (AvgIpc) is 3.22. The summed E-state index contributed by atoms with van der Waals surface area (Å²) in [6.07, 6.45) is 2.73. The van der Waals surface area contributed by atoms with Gasteiger partial charge in [0.1, 0.15) is 5.75 Å². The van der Waals surface area contributed by atoms with Gasteiger partial charge in [-0.1, -0.05) is 31.5 Å². The van der Waals surface area contributed by atoms with Crippen molar-refractivity contribution in [2.24, 2.45) is 5.73 Å². The molecule has 1 aromatic carbocycles. The maximum absolute atomic E-state index is 12.2. The van der Waals surface area contributed by atoms with E-state index in [-0.39, 0.29) is 11.7 Å². The van der Waals surface area contributed by atoms with E-state index in [1.807, 2.05) is 30.5 Å². The minimum Gasteiger partial charge on any atom is -0.508 e. The zero-order valence-electron chi connectivity index (χ0n) is 15.2. The van der Waals surface area contributed by atoms with Crippen molar-refractivity contribution in [3.8, 4) is 16.2 Å². The van der Waals surface area contributed by atoms with Crippen LogP contribution in [0.3, 0.4) is 0 Å². The van der Waals surface area contributed by atoms with Crippen LogP contribution >= 0.6 is 11.3 Å². The van der Waals surface area contributed by atoms with E-state index in [1.165, 1.54) is 5.69 Å². The van der Waals surface area contributed by atoms with Gasteiger partial charge >= 0.3 is 0 Å². The van der Waals surface area contributed by atoms with Crippen molar-refractivity contribution in [1.29, 1.82) is 0 Å². The number of nitrogens with zero attached hydrogens (tertiary/aromatic N) is 1. The summed E-state index contributed by atoms with van der Waals surface area (Å²) in [7, 11) is 0. The van der Waals surface area contributed by atoms with E-state index >= 15 is 0 Å². The molecular weight excluding hydrogens is 344 g/mol. The van der Waals surface area contributed by atoms with Crippen LogP contribution in [0.25, 0.3) is 10.4 Å². The standard InChI is InChI=1S/C21H24N2O2S/c1-3-5-17-20(18-6-4-13-26-18)19(21(22)25)14(2)23(17)12-11-15-7-9-16(24)10-8-15/h4,6-10,13,24H,3,5,11-12H2,1-2H3,(H2,22,25). The molecule has 0 aliphatic carbocycles. The van der Waals surface area contributed by atoms with Crippen molar-refractivity contribution in [3.63, 3.8) is 0 Å². The Morgan fingerprint density at radius 2 is 1.92 bits per heavy atom. The SMILES string of the molecule is CCCc1c(-c2cccs2)c(C(N)=O)c(C)n1CCc1ccc(O)cc1. The van der Waals surface area contributed by atoms with E-state index in [0.29, 0.717) is 5.56 Å². The van der Waals surface area contributed by atoms with Gasteiger partial charge in [-0.3, -0.25) is 4.79 Å². The number of hydrogen-bond acceptors (Lipinski definition) is 3. The quantitative estimate of drug-likeness (QED) is 0.643. The first-order chi connectivity index (χ1) is 12.5. The van der Waals surface area contributed by atoms with Gasteiger partial charge < -0.3 is 15.4 Å². The van der Waals surface area contributed by atoms with Crippen LogP contribution in [0.2, 0.25) is 0 Å². The third-order valence-electron chi connectivity index (χ3n) is 4.69. The summed E-state index contributed by atoms with van der Waals surface area (Å²) in [5.74, 6) is -0.0970. The van der Waals surface area contributed by atoms with E-state index in [2.05, 4.69) is 17.6 Å². The Morgan fingerprint density at radius 1 is 1.19 bits per heavy atom. The summed E-state index contributed by atoms with van der Waals surface area (Å²) in [5.41, 5.74) is 10.7. The molecule has 0 bridgehead atoms. The summed E-state index contributed by atoms with van der Waals surface area (Å²) < 4.78 is 2.24. The molecule has 2 aromatic heterocycles. The Morgan fingerprint density at radius 3 is 2.50 bits per heavy atom. The topological polar surface area (TPSA) is 68.2 Å². The third kappa shape index (κ3) is 3.53. The summed E-state index contributed by atoms with van der Waals surface area (Å²) in [5, 5.41) is 11.5. The number of benzene rings is 1. The Labute approximate surface area is 157 Å². The van der Waals surface area contributed by atoms with Crippen molar-refractivity contribution in [2.75, 3.05) is 0 Å². The van der Waals surface area contributed by atoms with Crippen molar-refractivity contribution < 1.29 is 9.90 Å². The number of carbonyl (C=O) groups excluding carboxylic acids is 1. The van der Waals surface area contributed by atoms with Crippen LogP contribution in [0.15, 0.2) is 41.8 Å². The molecule has 2 heterocycles. The molecule has 0 saturated carbocycles. The van der Waals surface area contributed by atoms with Gasteiger partial charge in [-0.05, 0) is 48.9 Å². The smallest absolute Gasteiger partial charge is 0.251 e. The minimum atomic E-state index is -0.369. The van der Waals surface area contributed by atoms with Crippen LogP contribution in [-0.2, 0) is 19.4 Å². The number of thiophene rings is 1. The fourth-order valence-electron chi connectivity index (χ4n) is 3.49. The highest BCUT2D eigenvalue weighted by molar-refractivity contribution is 7.13. The van der Waals surface area contributed by atoms with E-state index in [0.717, 1.165) is 47.5 Å². The van der Waals surface area contributed by atoms with Gasteiger partial charge in [0.25, 0.3) is 5.91 Å². The molecule has 3 aromatic rings. The fraction of sp³-hybridized carbons (Fsp3) is 0.286. The number of amides is 1. The lowest BCUT2D eigenvalue weighted by molar-refractivity contribution is 0.1000. The number of aryl methyl sites for hydroxylation is 1. The number of nitrogens with two attached hydrogens (primary N) is 1. The first-order valence-electron chi connectivity index (χ1n) is 8.86. The van der Waals surface area contributed by atoms with E-state index in [4.69, 9.17) is 5.73 Å². The maximum atomic E-state index is 12.2. The fourth-order valence-corrected chi connectivity index (χ4v) is 4.29. The largest absolute Gasteiger partial charge is 0.508 e. The number of carbonyl (C=O) groups is 1. The molecule has 0 radical (unpaired) electrons. The Kier molecular flexibility index (Phi) is 5.47. The van der Waals surface area contributed by atoms with E-state index in [9.17, 15) is 9.90 Å². The molecule has 3 N–H and O–H groups in total. The van der Waals surface area contributed by atoms with Crippen LogP contribution in [-0.4, -0.2) is 15.6 Å². The average molecular weight is 369 g/mol. The highest BCUT2D eigenvalue weighted by Gasteiger charge is 2.24. The molecule has 5 heteroatoms. The molecule has 0 unspecified atom stereocenters. The maximum Gasteiger partial charge on any atom is 0.251 e. The molecule has 136 valence electrons. The van der Waals surface area contributed by atoms with Crippen molar-refractivity contribution in [3.05, 3.63) is 64.3 Å². The summed E-state index contributed by atoms with van der Waals surface area (Å²) in [6, 6.07) is 11.3. The van der Waals surface area contributed by atoms with Crippen LogP contribution in [0.1, 0.15) is 40.7 Å². The number of hydrogen-bond donors (Lipinski definition) is 2. The molecule has 1 amide bonds. The summed E-state index contributed by atoms with van der Waals surface area (Å²) in [6.45, 7) is 4.90. The van der Waals surface area contributed by atoms with Crippen molar-refractivity contribution in [1.82, 2.24) is 4.57 Å². The molecule has 0 fully saturated rings. The van der Waals surface area contributed by atoms with Crippen molar-refractivity contribution >= 4 is 17.2 Å². The van der Waals surface area contributed by atoms with Gasteiger partial charge in [0, 0.05) is 28.4 Å². The van der Waals surface area contributed by atoms with Gasteiger partial charge in [0.2, 0.25) is 0 Å². The second kappa shape index (κ2) is 7.79. The molecule has 3 rings (SSSR count).